The largest absolute Gasteiger partial charge is 0.463 e. The number of amides is 1. The number of ether oxygens (including phenoxy) is 1. The van der Waals surface area contributed by atoms with Crippen LogP contribution in [-0.2, 0) is 22.5 Å². The van der Waals surface area contributed by atoms with Crippen molar-refractivity contribution in [3.63, 3.8) is 0 Å². The van der Waals surface area contributed by atoms with Crippen molar-refractivity contribution >= 4 is 41.0 Å². The summed E-state index contributed by atoms with van der Waals surface area (Å²) in [5, 5.41) is 8.45. The first kappa shape index (κ1) is 33.5. The number of nitrogens with zero attached hydrogens (tertiary/aromatic N) is 5. The number of hydrazone groups is 1. The number of nitrogens with one attached hydrogen (secondary N) is 1. The number of alkyl halides is 3. The lowest BCUT2D eigenvalue weighted by Crippen LogP contribution is -2.45. The molecule has 0 bridgehead atoms. The van der Waals surface area contributed by atoms with Crippen molar-refractivity contribution in [2.45, 2.75) is 60.0 Å². The number of hydrogen-bond donors (Lipinski definition) is 1. The van der Waals surface area contributed by atoms with Gasteiger partial charge in [0, 0.05) is 12.7 Å². The first-order valence-corrected chi connectivity index (χ1v) is 14.2. The molecule has 0 atom stereocenters. The van der Waals surface area contributed by atoms with Crippen LogP contribution in [0.1, 0.15) is 61.9 Å². The van der Waals surface area contributed by atoms with E-state index in [2.05, 4.69) is 20.1 Å². The number of pyridine rings is 1. The zero-order valence-corrected chi connectivity index (χ0v) is 25.2. The van der Waals surface area contributed by atoms with Gasteiger partial charge in [-0.15, -0.1) is 5.10 Å². The summed E-state index contributed by atoms with van der Waals surface area (Å²) in [6.45, 7) is 12.2. The lowest BCUT2D eigenvalue weighted by atomic mass is 10.2. The number of fused-ring (bicyclic) bond motifs is 1. The van der Waals surface area contributed by atoms with Crippen LogP contribution >= 0.6 is 11.9 Å². The minimum absolute atomic E-state index is 0.0888. The van der Waals surface area contributed by atoms with E-state index in [1.54, 1.807) is 28.7 Å². The normalized spacial score (nSPS) is 13.0. The van der Waals surface area contributed by atoms with Gasteiger partial charge in [0.05, 0.1) is 43.5 Å². The summed E-state index contributed by atoms with van der Waals surface area (Å²) in [7, 11) is 1.08. The Bertz CT molecular complexity index is 1340. The van der Waals surface area contributed by atoms with E-state index in [4.69, 9.17) is 0 Å². The maximum absolute atomic E-state index is 13.0. The Morgan fingerprint density at radius 1 is 1.05 bits per heavy atom. The van der Waals surface area contributed by atoms with Gasteiger partial charge in [-0.1, -0.05) is 52.8 Å². The molecule has 1 N–H and O–H groups in total. The molecule has 4 rings (SSSR count). The van der Waals surface area contributed by atoms with Gasteiger partial charge in [0.25, 0.3) is 5.91 Å². The van der Waals surface area contributed by atoms with Crippen LogP contribution in [0, 0.1) is 6.92 Å². The molecule has 224 valence electrons. The zero-order chi connectivity index (χ0) is 30.7. The third-order valence-corrected chi connectivity index (χ3v) is 6.41. The Balaban J connectivity index is 0.00000141. The number of esters is 1. The molecule has 0 unspecified atom stereocenters. The Morgan fingerprint density at radius 2 is 1.71 bits per heavy atom. The Hall–Kier alpha value is -3.74. The van der Waals surface area contributed by atoms with Gasteiger partial charge >= 0.3 is 11.5 Å². The molecule has 0 radical (unpaired) electrons. The van der Waals surface area contributed by atoms with Crippen molar-refractivity contribution in [3.05, 3.63) is 65.1 Å². The highest BCUT2D eigenvalue weighted by Gasteiger charge is 2.38. The first-order valence-electron chi connectivity index (χ1n) is 13.4. The Labute approximate surface area is 242 Å². The molecule has 2 aromatic heterocycles. The third kappa shape index (κ3) is 8.62. The summed E-state index contributed by atoms with van der Waals surface area (Å²) in [6, 6.07) is 10.8. The van der Waals surface area contributed by atoms with Gasteiger partial charge in [-0.3, -0.25) is 18.5 Å². The number of benzene rings is 1. The zero-order valence-electron chi connectivity index (χ0n) is 24.4. The second-order valence-electron chi connectivity index (χ2n) is 8.22. The monoisotopic (exact) mass is 594 g/mol. The number of methoxy groups -OCH3 is 1. The standard InChI is InChI=1S/C24H25F3N6O3S.2C2H6/c1-4-18-20(31-14-15(2)5-10-19(31)29-18)22(34)28-13-16-6-8-17(9-7-16)32-11-12-33(37-24(25,26)27)21(30-32)23(35)36-3;2*1-2/h5-10,14H,4,11-13H2,1-3H3,(H,28,34);2*1-2H3. The highest BCUT2D eigenvalue weighted by molar-refractivity contribution is 7.98. The molecule has 1 aliphatic heterocycles. The van der Waals surface area contributed by atoms with Crippen LogP contribution < -0.4 is 10.3 Å². The van der Waals surface area contributed by atoms with Crippen LogP contribution in [0.4, 0.5) is 18.9 Å². The van der Waals surface area contributed by atoms with Crippen LogP contribution in [-0.4, -0.2) is 57.1 Å². The molecule has 3 heterocycles. The maximum atomic E-state index is 13.0. The molecule has 9 nitrogen and oxygen atoms in total. The number of aryl methyl sites for hydroxylation is 2. The number of halogens is 3. The lowest BCUT2D eigenvalue weighted by molar-refractivity contribution is -0.133. The minimum Gasteiger partial charge on any atom is -0.463 e. The minimum atomic E-state index is -4.57. The fraction of sp³-hybridized carbons (Fsp3) is 0.429. The predicted octanol–water partition coefficient (Wildman–Crippen LogP) is 5.96. The second-order valence-corrected chi connectivity index (χ2v) is 9.31. The Kier molecular flexibility index (Phi) is 12.5. The molecule has 3 aromatic rings. The molecule has 0 aliphatic carbocycles. The number of rotatable bonds is 7. The quantitative estimate of drug-likeness (QED) is 0.267. The van der Waals surface area contributed by atoms with Crippen LogP contribution in [0.25, 0.3) is 5.65 Å². The van der Waals surface area contributed by atoms with Gasteiger partial charge in [-0.25, -0.2) is 9.78 Å². The lowest BCUT2D eigenvalue weighted by Gasteiger charge is -2.32. The number of anilines is 1. The molecule has 0 saturated heterocycles. The molecule has 1 aliphatic rings. The first-order chi connectivity index (χ1) is 19.6. The summed E-state index contributed by atoms with van der Waals surface area (Å²) in [5.41, 5.74) is -0.256. The summed E-state index contributed by atoms with van der Waals surface area (Å²) in [6.07, 6.45) is 2.49. The van der Waals surface area contributed by atoms with Gasteiger partial charge in [0.1, 0.15) is 11.3 Å². The number of imidazole rings is 1. The number of carbonyl (C=O) groups is 2. The molecule has 1 amide bonds. The number of hydrogen-bond acceptors (Lipinski definition) is 8. The van der Waals surface area contributed by atoms with E-state index < -0.39 is 29.3 Å². The van der Waals surface area contributed by atoms with E-state index in [1.165, 1.54) is 5.01 Å². The van der Waals surface area contributed by atoms with Crippen molar-refractivity contribution in [3.8, 4) is 0 Å². The molecule has 0 saturated carbocycles. The van der Waals surface area contributed by atoms with Gasteiger partial charge in [0.2, 0.25) is 5.84 Å². The second kappa shape index (κ2) is 15.3. The van der Waals surface area contributed by atoms with E-state index in [1.807, 2.05) is 59.9 Å². The van der Waals surface area contributed by atoms with Crippen LogP contribution in [0.2, 0.25) is 0 Å². The van der Waals surface area contributed by atoms with Gasteiger partial charge in [-0.05, 0) is 42.7 Å². The molecule has 1 aromatic carbocycles. The van der Waals surface area contributed by atoms with Crippen LogP contribution in [0.15, 0.2) is 47.7 Å². The Morgan fingerprint density at radius 3 is 2.29 bits per heavy atom. The smallest absolute Gasteiger partial charge is 0.461 e. The number of aromatic nitrogens is 2. The SMILES string of the molecule is CC.CC.CCc1nc2ccc(C)cn2c1C(=O)NCc1ccc(N2CCN(SC(F)(F)F)C(C(=O)OC)=N2)cc1. The fourth-order valence-electron chi connectivity index (χ4n) is 3.88. The van der Waals surface area contributed by atoms with Crippen LogP contribution in [0.3, 0.4) is 0 Å². The average Bonchev–Trinajstić information content (AvgIpc) is 3.35. The molecule has 0 spiro atoms. The van der Waals surface area contributed by atoms with Gasteiger partial charge in [0.15, 0.2) is 0 Å². The van der Waals surface area contributed by atoms with E-state index >= 15 is 0 Å². The topological polar surface area (TPSA) is 91.5 Å². The molecular formula is C28H37F3N6O3S. The maximum Gasteiger partial charge on any atom is 0.461 e. The predicted molar refractivity (Wildman–Crippen MR) is 157 cm³/mol. The summed E-state index contributed by atoms with van der Waals surface area (Å²) in [4.78, 5) is 29.6. The van der Waals surface area contributed by atoms with Crippen LogP contribution in [0.5, 0.6) is 0 Å². The summed E-state index contributed by atoms with van der Waals surface area (Å²) < 4.78 is 45.8. The number of amidine groups is 1. The highest BCUT2D eigenvalue weighted by atomic mass is 32.2. The average molecular weight is 595 g/mol. The van der Waals surface area contributed by atoms with E-state index in [9.17, 15) is 22.8 Å². The highest BCUT2D eigenvalue weighted by Crippen LogP contribution is 2.35. The third-order valence-electron chi connectivity index (χ3n) is 5.62. The fourth-order valence-corrected chi connectivity index (χ4v) is 4.50. The summed E-state index contributed by atoms with van der Waals surface area (Å²) in [5.74, 6) is -1.65. The van der Waals surface area contributed by atoms with Crippen molar-refractivity contribution < 1.29 is 27.5 Å². The molecular weight excluding hydrogens is 557 g/mol. The number of carbonyl (C=O) groups excluding carboxylic acids is 2. The summed E-state index contributed by atoms with van der Waals surface area (Å²) >= 11 is -0.430. The molecule has 0 fully saturated rings. The molecule has 41 heavy (non-hydrogen) atoms. The van der Waals surface area contributed by atoms with Gasteiger partial charge < -0.3 is 10.1 Å². The van der Waals surface area contributed by atoms with Crippen molar-refractivity contribution in [2.24, 2.45) is 5.10 Å². The molecule has 13 heteroatoms. The van der Waals surface area contributed by atoms with Crippen molar-refractivity contribution in [1.29, 1.82) is 0 Å². The van der Waals surface area contributed by atoms with E-state index in [-0.39, 0.29) is 25.5 Å². The van der Waals surface area contributed by atoms with Crippen molar-refractivity contribution in [2.75, 3.05) is 25.2 Å². The van der Waals surface area contributed by atoms with Crippen molar-refractivity contribution in [1.82, 2.24) is 19.0 Å². The van der Waals surface area contributed by atoms with E-state index in [0.717, 1.165) is 22.5 Å². The van der Waals surface area contributed by atoms with Gasteiger partial charge in [-0.2, -0.15) is 13.2 Å². The van der Waals surface area contributed by atoms with E-state index in [0.29, 0.717) is 29.1 Å².